The standard InChI is InChI=1S/C15H28FNO3.Na/c1-2-12-17(13-15(19)20)14(18)10-8-6-4-3-5-7-9-11-16;/h2-13H2,1H3,(H,19,20);/q;+1/p-1. The summed E-state index contributed by atoms with van der Waals surface area (Å²) in [4.78, 5) is 23.8. The van der Waals surface area contributed by atoms with Gasteiger partial charge in [0.2, 0.25) is 5.91 Å². The number of alkyl halides is 1. The van der Waals surface area contributed by atoms with Gasteiger partial charge in [0.1, 0.15) is 0 Å². The van der Waals surface area contributed by atoms with Crippen molar-refractivity contribution in [2.24, 2.45) is 0 Å². The zero-order valence-corrected chi connectivity index (χ0v) is 15.5. The minimum Gasteiger partial charge on any atom is -0.548 e. The van der Waals surface area contributed by atoms with E-state index in [0.717, 1.165) is 44.9 Å². The van der Waals surface area contributed by atoms with Gasteiger partial charge in [-0.25, -0.2) is 0 Å². The molecule has 118 valence electrons. The number of carbonyl (C=O) groups excluding carboxylic acids is 2. The van der Waals surface area contributed by atoms with Crippen molar-refractivity contribution in [3.63, 3.8) is 0 Å². The summed E-state index contributed by atoms with van der Waals surface area (Å²) >= 11 is 0. The van der Waals surface area contributed by atoms with Crippen molar-refractivity contribution in [3.05, 3.63) is 0 Å². The molecule has 0 spiro atoms. The summed E-state index contributed by atoms with van der Waals surface area (Å²) in [6, 6.07) is 0. The van der Waals surface area contributed by atoms with E-state index in [9.17, 15) is 19.1 Å². The van der Waals surface area contributed by atoms with Gasteiger partial charge >= 0.3 is 29.6 Å². The molecule has 0 saturated heterocycles. The van der Waals surface area contributed by atoms with Gasteiger partial charge in [0.15, 0.2) is 0 Å². The van der Waals surface area contributed by atoms with Crippen LogP contribution in [0.2, 0.25) is 0 Å². The monoisotopic (exact) mass is 311 g/mol. The molecule has 0 N–H and O–H groups in total. The second kappa shape index (κ2) is 16.2. The van der Waals surface area contributed by atoms with Crippen LogP contribution in [0.15, 0.2) is 0 Å². The molecule has 0 bridgehead atoms. The van der Waals surface area contributed by atoms with E-state index in [1.807, 2.05) is 6.92 Å². The molecule has 0 aromatic carbocycles. The number of aliphatic carboxylic acids is 1. The van der Waals surface area contributed by atoms with Crippen molar-refractivity contribution in [2.45, 2.75) is 64.7 Å². The number of hydrogen-bond acceptors (Lipinski definition) is 3. The van der Waals surface area contributed by atoms with Crippen molar-refractivity contribution < 1.29 is 48.6 Å². The molecule has 0 heterocycles. The van der Waals surface area contributed by atoms with Crippen molar-refractivity contribution in [1.29, 1.82) is 0 Å². The van der Waals surface area contributed by atoms with E-state index in [-0.39, 0.29) is 48.7 Å². The smallest absolute Gasteiger partial charge is 0.548 e. The van der Waals surface area contributed by atoms with E-state index in [1.165, 1.54) is 4.90 Å². The maximum Gasteiger partial charge on any atom is 1.00 e. The van der Waals surface area contributed by atoms with Gasteiger partial charge in [-0.05, 0) is 19.3 Å². The van der Waals surface area contributed by atoms with Crippen LogP contribution < -0.4 is 34.7 Å². The number of rotatable bonds is 13. The Labute approximate surface area is 149 Å². The summed E-state index contributed by atoms with van der Waals surface area (Å²) in [6.07, 6.45) is 7.65. The summed E-state index contributed by atoms with van der Waals surface area (Å²) in [5.74, 6) is -1.31. The molecule has 0 aliphatic heterocycles. The SMILES string of the molecule is CCCN(CC(=O)[O-])C(=O)CCCCCCCCCF.[Na+]. The molecule has 0 rings (SSSR count). The predicted molar refractivity (Wildman–Crippen MR) is 74.8 cm³/mol. The van der Waals surface area contributed by atoms with Crippen molar-refractivity contribution in [1.82, 2.24) is 4.90 Å². The number of halogens is 1. The Morgan fingerprint density at radius 1 is 1.00 bits per heavy atom. The third-order valence-electron chi connectivity index (χ3n) is 3.19. The van der Waals surface area contributed by atoms with Crippen LogP contribution in [0.4, 0.5) is 4.39 Å². The summed E-state index contributed by atoms with van der Waals surface area (Å²) in [6.45, 7) is 1.83. The van der Waals surface area contributed by atoms with E-state index in [1.54, 1.807) is 0 Å². The average molecular weight is 311 g/mol. The van der Waals surface area contributed by atoms with Crippen LogP contribution in [0.3, 0.4) is 0 Å². The fourth-order valence-corrected chi connectivity index (χ4v) is 2.13. The van der Waals surface area contributed by atoms with Gasteiger partial charge in [-0.3, -0.25) is 9.18 Å². The molecule has 0 aromatic rings. The van der Waals surface area contributed by atoms with E-state index in [4.69, 9.17) is 0 Å². The molecule has 0 aliphatic carbocycles. The number of carbonyl (C=O) groups is 2. The summed E-state index contributed by atoms with van der Waals surface area (Å²) in [5, 5.41) is 10.6. The second-order valence-electron chi connectivity index (χ2n) is 5.10. The van der Waals surface area contributed by atoms with Crippen LogP contribution in [0, 0.1) is 0 Å². The molecular formula is C15H27FNNaO3. The predicted octanol–water partition coefficient (Wildman–Crippen LogP) is -0.931. The molecule has 0 saturated carbocycles. The Morgan fingerprint density at radius 2 is 1.52 bits per heavy atom. The minimum absolute atomic E-state index is 0. The number of carboxylic acid groups (broad SMARTS) is 1. The number of hydrogen-bond donors (Lipinski definition) is 0. The van der Waals surface area contributed by atoms with Gasteiger partial charge in [0, 0.05) is 13.0 Å². The third kappa shape index (κ3) is 14.6. The average Bonchev–Trinajstić information content (AvgIpc) is 2.40. The fraction of sp³-hybridized carbons (Fsp3) is 0.867. The molecule has 0 aliphatic rings. The fourth-order valence-electron chi connectivity index (χ4n) is 2.13. The minimum atomic E-state index is -1.21. The van der Waals surface area contributed by atoms with Crippen LogP contribution >= 0.6 is 0 Å². The Morgan fingerprint density at radius 3 is 2.00 bits per heavy atom. The van der Waals surface area contributed by atoms with Gasteiger partial charge in [-0.1, -0.05) is 39.0 Å². The number of amides is 1. The first-order valence-corrected chi connectivity index (χ1v) is 7.65. The first kappa shape index (κ1) is 23.1. The van der Waals surface area contributed by atoms with Crippen LogP contribution in [-0.2, 0) is 9.59 Å². The van der Waals surface area contributed by atoms with Gasteiger partial charge in [-0.2, -0.15) is 0 Å². The van der Waals surface area contributed by atoms with E-state index < -0.39 is 5.97 Å². The number of carboxylic acids is 1. The molecule has 0 radical (unpaired) electrons. The first-order chi connectivity index (χ1) is 9.61. The Balaban J connectivity index is 0. The van der Waals surface area contributed by atoms with Crippen LogP contribution in [0.1, 0.15) is 64.7 Å². The number of nitrogens with zero attached hydrogens (tertiary/aromatic N) is 1. The van der Waals surface area contributed by atoms with Gasteiger partial charge in [-0.15, -0.1) is 0 Å². The topological polar surface area (TPSA) is 60.4 Å². The van der Waals surface area contributed by atoms with Gasteiger partial charge < -0.3 is 14.8 Å². The molecule has 21 heavy (non-hydrogen) atoms. The molecule has 4 nitrogen and oxygen atoms in total. The molecular weight excluding hydrogens is 284 g/mol. The molecule has 0 fully saturated rings. The second-order valence-corrected chi connectivity index (χ2v) is 5.10. The maximum absolute atomic E-state index is 11.9. The maximum atomic E-state index is 11.9. The zero-order valence-electron chi connectivity index (χ0n) is 13.5. The Bertz CT molecular complexity index is 278. The van der Waals surface area contributed by atoms with Crippen LogP contribution in [0.5, 0.6) is 0 Å². The normalized spacial score (nSPS) is 10.0. The van der Waals surface area contributed by atoms with Crippen LogP contribution in [-0.4, -0.2) is 36.5 Å². The van der Waals surface area contributed by atoms with Gasteiger partial charge in [0.05, 0.1) is 19.2 Å². The Hall–Kier alpha value is -0.130. The first-order valence-electron chi connectivity index (χ1n) is 7.65. The molecule has 6 heteroatoms. The van der Waals surface area contributed by atoms with Crippen molar-refractivity contribution >= 4 is 11.9 Å². The molecule has 0 aromatic heterocycles. The third-order valence-corrected chi connectivity index (χ3v) is 3.19. The summed E-state index contributed by atoms with van der Waals surface area (Å²) < 4.78 is 11.9. The largest absolute Gasteiger partial charge is 1.00 e. The van der Waals surface area contributed by atoms with E-state index in [2.05, 4.69) is 0 Å². The van der Waals surface area contributed by atoms with Crippen molar-refractivity contribution in [3.8, 4) is 0 Å². The molecule has 1 amide bonds. The quantitative estimate of drug-likeness (QED) is 0.326. The Kier molecular flexibility index (Phi) is 17.9. The molecule has 0 atom stereocenters. The van der Waals surface area contributed by atoms with E-state index in [0.29, 0.717) is 19.4 Å². The molecule has 0 unspecified atom stereocenters. The number of unbranched alkanes of at least 4 members (excludes halogenated alkanes) is 6. The zero-order chi connectivity index (χ0) is 15.2. The summed E-state index contributed by atoms with van der Waals surface area (Å²) in [5.41, 5.74) is 0. The van der Waals surface area contributed by atoms with Crippen molar-refractivity contribution in [2.75, 3.05) is 19.8 Å². The van der Waals surface area contributed by atoms with Gasteiger partial charge in [0.25, 0.3) is 0 Å². The summed E-state index contributed by atoms with van der Waals surface area (Å²) in [7, 11) is 0. The van der Waals surface area contributed by atoms with E-state index >= 15 is 0 Å². The van der Waals surface area contributed by atoms with Crippen LogP contribution in [0.25, 0.3) is 0 Å².